The van der Waals surface area contributed by atoms with E-state index >= 15 is 0 Å². The van der Waals surface area contributed by atoms with Crippen LogP contribution in [-0.2, 0) is 12.0 Å². The summed E-state index contributed by atoms with van der Waals surface area (Å²) >= 11 is 1.19. The van der Waals surface area contributed by atoms with Crippen LogP contribution in [0.5, 0.6) is 0 Å². The lowest BCUT2D eigenvalue weighted by Gasteiger charge is -2.25. The van der Waals surface area contributed by atoms with Gasteiger partial charge in [0.15, 0.2) is 0 Å². The van der Waals surface area contributed by atoms with E-state index in [1.165, 1.54) is 11.8 Å². The third kappa shape index (κ3) is 2.74. The highest BCUT2D eigenvalue weighted by Crippen LogP contribution is 2.44. The summed E-state index contributed by atoms with van der Waals surface area (Å²) in [5, 5.41) is 18.3. The quantitative estimate of drug-likeness (QED) is 0.596. The van der Waals surface area contributed by atoms with Gasteiger partial charge in [0.05, 0.1) is 27.1 Å². The second-order valence-electron chi connectivity index (χ2n) is 6.80. The first-order chi connectivity index (χ1) is 12.4. The summed E-state index contributed by atoms with van der Waals surface area (Å²) in [6.07, 6.45) is -0.753. The summed E-state index contributed by atoms with van der Waals surface area (Å²) in [6, 6.07) is 7.86. The van der Waals surface area contributed by atoms with E-state index in [0.29, 0.717) is 25.0 Å². The number of benzene rings is 1. The largest absolute Gasteiger partial charge is 0.385 e. The Morgan fingerprint density at radius 1 is 1.31 bits per heavy atom. The van der Waals surface area contributed by atoms with Gasteiger partial charge in [-0.25, -0.2) is 8.78 Å². The summed E-state index contributed by atoms with van der Waals surface area (Å²) in [5.41, 5.74) is 3.21. The number of alkyl halides is 2. The number of aromatic nitrogens is 3. The van der Waals surface area contributed by atoms with Gasteiger partial charge < -0.3 is 10.1 Å². The van der Waals surface area contributed by atoms with Crippen LogP contribution in [0.2, 0.25) is 0 Å². The molecular formula is C19H21F2N3OS. The SMILES string of the molecule is CCC(O)(CC)c1ccc2cc(-c3n[nH]c4c3SC(C(F)F)C4)[nH]c2c1. The molecule has 3 aromatic rings. The summed E-state index contributed by atoms with van der Waals surface area (Å²) in [6.45, 7) is 3.94. The minimum Gasteiger partial charge on any atom is -0.385 e. The van der Waals surface area contributed by atoms with E-state index in [-0.39, 0.29) is 0 Å². The molecule has 0 aliphatic carbocycles. The maximum absolute atomic E-state index is 13.0. The molecule has 0 radical (unpaired) electrons. The Morgan fingerprint density at radius 2 is 2.08 bits per heavy atom. The van der Waals surface area contributed by atoms with Crippen molar-refractivity contribution in [2.75, 3.05) is 0 Å². The predicted octanol–water partition coefficient (Wildman–Crippen LogP) is 4.85. The highest BCUT2D eigenvalue weighted by molar-refractivity contribution is 8.00. The minimum atomic E-state index is -2.35. The topological polar surface area (TPSA) is 64.7 Å². The van der Waals surface area contributed by atoms with Crippen LogP contribution in [-0.4, -0.2) is 32.0 Å². The van der Waals surface area contributed by atoms with Crippen LogP contribution >= 0.6 is 11.8 Å². The summed E-state index contributed by atoms with van der Waals surface area (Å²) < 4.78 is 26.0. The van der Waals surface area contributed by atoms with Crippen LogP contribution in [0.1, 0.15) is 37.9 Å². The molecule has 0 fully saturated rings. The van der Waals surface area contributed by atoms with E-state index in [1.54, 1.807) is 0 Å². The van der Waals surface area contributed by atoms with Crippen LogP contribution in [0.3, 0.4) is 0 Å². The van der Waals surface area contributed by atoms with Gasteiger partial charge in [0.2, 0.25) is 0 Å². The molecule has 1 aliphatic rings. The summed E-state index contributed by atoms with van der Waals surface area (Å²) in [5.74, 6) is 0. The standard InChI is InChI=1S/C19H21F2N3OS/c1-3-19(25,4-2)11-6-5-10-7-13(22-12(10)8-11)16-17-14(23-24-16)9-15(26-17)18(20)21/h5-8,15,18,22,25H,3-4,9H2,1-2H3,(H,23,24). The zero-order chi connectivity index (χ0) is 18.5. The average molecular weight is 377 g/mol. The first kappa shape index (κ1) is 17.5. The van der Waals surface area contributed by atoms with Gasteiger partial charge in [-0.2, -0.15) is 5.10 Å². The molecule has 4 nitrogen and oxygen atoms in total. The third-order valence-corrected chi connectivity index (χ3v) is 6.68. The van der Waals surface area contributed by atoms with Crippen LogP contribution in [0.25, 0.3) is 22.3 Å². The van der Waals surface area contributed by atoms with Crippen molar-refractivity contribution in [1.82, 2.24) is 15.2 Å². The van der Waals surface area contributed by atoms with Crippen molar-refractivity contribution < 1.29 is 13.9 Å². The third-order valence-electron chi connectivity index (χ3n) is 5.33. The Balaban J connectivity index is 1.72. The van der Waals surface area contributed by atoms with Crippen LogP contribution in [0.15, 0.2) is 29.2 Å². The Bertz CT molecular complexity index is 946. The number of halogens is 2. The van der Waals surface area contributed by atoms with Crippen molar-refractivity contribution in [3.8, 4) is 11.4 Å². The Morgan fingerprint density at radius 3 is 2.77 bits per heavy atom. The lowest BCUT2D eigenvalue weighted by Crippen LogP contribution is -2.23. The molecule has 2 aromatic heterocycles. The highest BCUT2D eigenvalue weighted by Gasteiger charge is 2.34. The fraction of sp³-hybridized carbons (Fsp3) is 0.421. The first-order valence-corrected chi connectivity index (χ1v) is 9.71. The molecule has 26 heavy (non-hydrogen) atoms. The molecule has 0 bridgehead atoms. The van der Waals surface area contributed by atoms with Gasteiger partial charge in [-0.3, -0.25) is 5.10 Å². The molecule has 0 spiro atoms. The Labute approximate surface area is 154 Å². The molecule has 1 aliphatic heterocycles. The smallest absolute Gasteiger partial charge is 0.251 e. The highest BCUT2D eigenvalue weighted by atomic mass is 32.2. The van der Waals surface area contributed by atoms with Crippen molar-refractivity contribution >= 4 is 22.7 Å². The van der Waals surface area contributed by atoms with Crippen molar-refractivity contribution in [2.45, 2.75) is 55.3 Å². The number of aliphatic hydroxyl groups is 1. The minimum absolute atomic E-state index is 0.315. The molecule has 1 atom stereocenters. The number of hydrogen-bond acceptors (Lipinski definition) is 3. The number of nitrogens with one attached hydrogen (secondary N) is 2. The zero-order valence-corrected chi connectivity index (χ0v) is 15.5. The molecule has 0 amide bonds. The lowest BCUT2D eigenvalue weighted by atomic mass is 9.88. The molecular weight excluding hydrogens is 356 g/mol. The van der Waals surface area contributed by atoms with E-state index in [0.717, 1.165) is 32.7 Å². The maximum atomic E-state index is 13.0. The second kappa shape index (κ2) is 6.39. The number of aromatic amines is 2. The average Bonchev–Trinajstić information content (AvgIpc) is 3.33. The Kier molecular flexibility index (Phi) is 4.31. The number of fused-ring (bicyclic) bond motifs is 2. The lowest BCUT2D eigenvalue weighted by molar-refractivity contribution is 0.0285. The summed E-state index contributed by atoms with van der Waals surface area (Å²) in [4.78, 5) is 4.14. The zero-order valence-electron chi connectivity index (χ0n) is 14.6. The van der Waals surface area contributed by atoms with E-state index in [4.69, 9.17) is 0 Å². The normalized spacial score (nSPS) is 17.4. The number of H-pyrrole nitrogens is 2. The monoisotopic (exact) mass is 377 g/mol. The van der Waals surface area contributed by atoms with Crippen LogP contribution in [0.4, 0.5) is 8.78 Å². The van der Waals surface area contributed by atoms with Crippen LogP contribution in [0, 0.1) is 0 Å². The number of rotatable bonds is 5. The molecule has 0 saturated carbocycles. The van der Waals surface area contributed by atoms with Gasteiger partial charge in [0.25, 0.3) is 6.43 Å². The molecule has 7 heteroatoms. The molecule has 1 aromatic carbocycles. The van der Waals surface area contributed by atoms with Gasteiger partial charge in [-0.05, 0) is 30.5 Å². The van der Waals surface area contributed by atoms with Gasteiger partial charge in [-0.15, -0.1) is 11.8 Å². The molecule has 3 heterocycles. The number of thioether (sulfide) groups is 1. The van der Waals surface area contributed by atoms with Crippen molar-refractivity contribution in [3.05, 3.63) is 35.5 Å². The second-order valence-corrected chi connectivity index (χ2v) is 8.05. The van der Waals surface area contributed by atoms with Gasteiger partial charge >= 0.3 is 0 Å². The van der Waals surface area contributed by atoms with Crippen molar-refractivity contribution in [3.63, 3.8) is 0 Å². The fourth-order valence-electron chi connectivity index (χ4n) is 3.55. The van der Waals surface area contributed by atoms with Crippen LogP contribution < -0.4 is 0 Å². The van der Waals surface area contributed by atoms with Crippen molar-refractivity contribution in [1.29, 1.82) is 0 Å². The van der Waals surface area contributed by atoms with Crippen molar-refractivity contribution in [2.24, 2.45) is 0 Å². The van der Waals surface area contributed by atoms with Gasteiger partial charge in [0, 0.05) is 17.3 Å². The first-order valence-electron chi connectivity index (χ1n) is 8.83. The maximum Gasteiger partial charge on any atom is 0.251 e. The Hall–Kier alpha value is -1.86. The van der Waals surface area contributed by atoms with E-state index in [1.807, 2.05) is 38.1 Å². The molecule has 1 unspecified atom stereocenters. The molecule has 138 valence electrons. The number of hydrogen-bond donors (Lipinski definition) is 3. The van der Waals surface area contributed by atoms with Gasteiger partial charge in [-0.1, -0.05) is 26.0 Å². The molecule has 0 saturated heterocycles. The molecule has 3 N–H and O–H groups in total. The predicted molar refractivity (Wildman–Crippen MR) is 99.7 cm³/mol. The fourth-order valence-corrected chi connectivity index (χ4v) is 4.75. The van der Waals surface area contributed by atoms with E-state index in [9.17, 15) is 13.9 Å². The van der Waals surface area contributed by atoms with E-state index in [2.05, 4.69) is 15.2 Å². The summed E-state index contributed by atoms with van der Waals surface area (Å²) in [7, 11) is 0. The number of nitrogens with zero attached hydrogens (tertiary/aromatic N) is 1. The van der Waals surface area contributed by atoms with E-state index < -0.39 is 17.3 Å². The van der Waals surface area contributed by atoms with Gasteiger partial charge in [0.1, 0.15) is 5.69 Å². The molecule has 4 rings (SSSR count).